The number of hydrogen-bond donors (Lipinski definition) is 3. The lowest BCUT2D eigenvalue weighted by Gasteiger charge is -2.26. The van der Waals surface area contributed by atoms with Crippen molar-refractivity contribution in [1.29, 1.82) is 0 Å². The quantitative estimate of drug-likeness (QED) is 0.700. The lowest BCUT2D eigenvalue weighted by Crippen LogP contribution is -2.33. The van der Waals surface area contributed by atoms with Crippen LogP contribution in [-0.4, -0.2) is 43.5 Å². The average Bonchev–Trinajstić information content (AvgIpc) is 2.50. The van der Waals surface area contributed by atoms with Crippen LogP contribution < -0.4 is 16.4 Å². The molecule has 1 saturated heterocycles. The van der Waals surface area contributed by atoms with Gasteiger partial charge < -0.3 is 21.3 Å². The summed E-state index contributed by atoms with van der Waals surface area (Å²) in [7, 11) is 0. The van der Waals surface area contributed by atoms with E-state index < -0.39 is 0 Å². The van der Waals surface area contributed by atoms with Crippen molar-refractivity contribution in [2.24, 2.45) is 0 Å². The van der Waals surface area contributed by atoms with Crippen molar-refractivity contribution in [3.63, 3.8) is 0 Å². The molecule has 1 aromatic carbocycles. The molecule has 1 amide bonds. The van der Waals surface area contributed by atoms with Crippen LogP contribution in [0.3, 0.4) is 0 Å². The minimum Gasteiger partial charge on any atom is -0.397 e. The van der Waals surface area contributed by atoms with Crippen LogP contribution in [0.2, 0.25) is 0 Å². The third kappa shape index (κ3) is 4.63. The van der Waals surface area contributed by atoms with Gasteiger partial charge >= 0.3 is 0 Å². The highest BCUT2D eigenvalue weighted by Gasteiger charge is 2.10. The second kappa shape index (κ2) is 7.88. The van der Waals surface area contributed by atoms with Crippen LogP contribution in [0.15, 0.2) is 18.2 Å². The van der Waals surface area contributed by atoms with Gasteiger partial charge in [0.2, 0.25) is 0 Å². The van der Waals surface area contributed by atoms with Crippen molar-refractivity contribution in [1.82, 2.24) is 10.2 Å². The van der Waals surface area contributed by atoms with Gasteiger partial charge in [-0.15, -0.1) is 0 Å². The Bertz CT molecular complexity index is 469. The summed E-state index contributed by atoms with van der Waals surface area (Å²) in [6.07, 6.45) is 3.95. The van der Waals surface area contributed by atoms with Crippen LogP contribution >= 0.6 is 0 Å². The summed E-state index contributed by atoms with van der Waals surface area (Å²) in [5.41, 5.74) is 8.15. The number of anilines is 2. The van der Waals surface area contributed by atoms with Gasteiger partial charge in [-0.05, 0) is 51.1 Å². The number of piperidine rings is 1. The fourth-order valence-electron chi connectivity index (χ4n) is 2.64. The number of hydrogen-bond acceptors (Lipinski definition) is 4. The van der Waals surface area contributed by atoms with Gasteiger partial charge in [0.05, 0.1) is 11.4 Å². The zero-order valence-corrected chi connectivity index (χ0v) is 12.8. The molecular weight excluding hydrogens is 264 g/mol. The molecule has 0 atom stereocenters. The average molecular weight is 290 g/mol. The van der Waals surface area contributed by atoms with E-state index in [1.807, 2.05) is 13.0 Å². The third-order valence-electron chi connectivity index (χ3n) is 3.84. The van der Waals surface area contributed by atoms with E-state index in [1.54, 1.807) is 12.1 Å². The fraction of sp³-hybridized carbons (Fsp3) is 0.562. The maximum absolute atomic E-state index is 11.8. The maximum Gasteiger partial charge on any atom is 0.251 e. The zero-order valence-electron chi connectivity index (χ0n) is 12.8. The van der Waals surface area contributed by atoms with Crippen molar-refractivity contribution in [2.45, 2.75) is 26.2 Å². The Labute approximate surface area is 126 Å². The number of rotatable bonds is 6. The Hall–Kier alpha value is -1.75. The van der Waals surface area contributed by atoms with Gasteiger partial charge in [0.1, 0.15) is 0 Å². The first kappa shape index (κ1) is 15.6. The molecule has 1 heterocycles. The van der Waals surface area contributed by atoms with Gasteiger partial charge in [0.15, 0.2) is 0 Å². The molecule has 4 N–H and O–H groups in total. The van der Waals surface area contributed by atoms with Gasteiger partial charge in [-0.25, -0.2) is 0 Å². The van der Waals surface area contributed by atoms with Gasteiger partial charge in [-0.3, -0.25) is 4.79 Å². The number of carbonyl (C=O) groups is 1. The monoisotopic (exact) mass is 290 g/mol. The summed E-state index contributed by atoms with van der Waals surface area (Å²) >= 11 is 0. The molecule has 1 aliphatic rings. The van der Waals surface area contributed by atoms with Crippen molar-refractivity contribution in [3.05, 3.63) is 23.8 Å². The van der Waals surface area contributed by atoms with Crippen molar-refractivity contribution in [2.75, 3.05) is 43.8 Å². The van der Waals surface area contributed by atoms with Gasteiger partial charge in [-0.2, -0.15) is 0 Å². The molecule has 0 spiro atoms. The molecule has 1 aromatic rings. The normalized spacial score (nSPS) is 15.7. The minimum atomic E-state index is -0.0587. The Morgan fingerprint density at radius 2 is 2.05 bits per heavy atom. The van der Waals surface area contributed by atoms with Gasteiger partial charge in [0.25, 0.3) is 5.91 Å². The molecule has 0 aliphatic carbocycles. The number of likely N-dealkylation sites (tertiary alicyclic amines) is 1. The second-order valence-corrected chi connectivity index (χ2v) is 5.49. The highest BCUT2D eigenvalue weighted by molar-refractivity contribution is 5.96. The van der Waals surface area contributed by atoms with E-state index in [0.717, 1.165) is 18.8 Å². The van der Waals surface area contributed by atoms with Crippen LogP contribution in [0.1, 0.15) is 36.5 Å². The standard InChI is InChI=1S/C16H26N4O/c1-2-18-16(21)13-6-7-14(17)15(12-13)19-8-11-20-9-4-3-5-10-20/h6-7,12,19H,2-5,8-11,17H2,1H3,(H,18,21). The van der Waals surface area contributed by atoms with E-state index in [9.17, 15) is 4.79 Å². The highest BCUT2D eigenvalue weighted by Crippen LogP contribution is 2.20. The molecule has 116 valence electrons. The predicted octanol–water partition coefficient (Wildman–Crippen LogP) is 1.92. The van der Waals surface area contributed by atoms with Crippen LogP contribution in [0.5, 0.6) is 0 Å². The van der Waals surface area contributed by atoms with Crippen molar-refractivity contribution in [3.8, 4) is 0 Å². The Kier molecular flexibility index (Phi) is 5.87. The Balaban J connectivity index is 1.89. The summed E-state index contributed by atoms with van der Waals surface area (Å²) in [6, 6.07) is 5.38. The first-order valence-electron chi connectivity index (χ1n) is 7.84. The molecule has 0 aromatic heterocycles. The number of carbonyl (C=O) groups excluding carboxylic acids is 1. The largest absolute Gasteiger partial charge is 0.397 e. The van der Waals surface area contributed by atoms with Crippen LogP contribution in [0.4, 0.5) is 11.4 Å². The number of amides is 1. The number of benzene rings is 1. The molecule has 21 heavy (non-hydrogen) atoms. The summed E-state index contributed by atoms with van der Waals surface area (Å²) < 4.78 is 0. The molecular formula is C16H26N4O. The molecule has 0 unspecified atom stereocenters. The fourth-order valence-corrected chi connectivity index (χ4v) is 2.64. The smallest absolute Gasteiger partial charge is 0.251 e. The minimum absolute atomic E-state index is 0.0587. The first-order valence-corrected chi connectivity index (χ1v) is 7.84. The van der Waals surface area contributed by atoms with Gasteiger partial charge in [0, 0.05) is 25.2 Å². The molecule has 1 fully saturated rings. The van der Waals surface area contributed by atoms with Crippen LogP contribution in [0.25, 0.3) is 0 Å². The van der Waals surface area contributed by atoms with E-state index in [1.165, 1.54) is 32.4 Å². The summed E-state index contributed by atoms with van der Waals surface area (Å²) in [4.78, 5) is 14.3. The first-order chi connectivity index (χ1) is 10.2. The third-order valence-corrected chi connectivity index (χ3v) is 3.84. The SMILES string of the molecule is CCNC(=O)c1ccc(N)c(NCCN2CCCCC2)c1. The molecule has 0 saturated carbocycles. The molecule has 1 aliphatic heterocycles. The molecule has 5 nitrogen and oxygen atoms in total. The highest BCUT2D eigenvalue weighted by atomic mass is 16.1. The van der Waals surface area contributed by atoms with E-state index in [-0.39, 0.29) is 5.91 Å². The topological polar surface area (TPSA) is 70.4 Å². The lowest BCUT2D eigenvalue weighted by molar-refractivity contribution is 0.0956. The molecule has 2 rings (SSSR count). The van der Waals surface area contributed by atoms with Crippen LogP contribution in [0, 0.1) is 0 Å². The van der Waals surface area contributed by atoms with Gasteiger partial charge in [-0.1, -0.05) is 6.42 Å². The van der Waals surface area contributed by atoms with E-state index in [2.05, 4.69) is 15.5 Å². The number of nitrogens with zero attached hydrogens (tertiary/aromatic N) is 1. The van der Waals surface area contributed by atoms with E-state index >= 15 is 0 Å². The summed E-state index contributed by atoms with van der Waals surface area (Å²) in [5, 5.41) is 6.15. The lowest BCUT2D eigenvalue weighted by atomic mass is 10.1. The van der Waals surface area contributed by atoms with Crippen molar-refractivity contribution >= 4 is 17.3 Å². The zero-order chi connectivity index (χ0) is 15.1. The van der Waals surface area contributed by atoms with E-state index in [0.29, 0.717) is 17.8 Å². The molecule has 5 heteroatoms. The second-order valence-electron chi connectivity index (χ2n) is 5.49. The summed E-state index contributed by atoms with van der Waals surface area (Å²) in [6.45, 7) is 6.79. The number of nitrogen functional groups attached to an aromatic ring is 1. The molecule has 0 radical (unpaired) electrons. The Morgan fingerprint density at radius 1 is 1.29 bits per heavy atom. The predicted molar refractivity (Wildman–Crippen MR) is 87.6 cm³/mol. The molecule has 0 bridgehead atoms. The Morgan fingerprint density at radius 3 is 2.76 bits per heavy atom. The van der Waals surface area contributed by atoms with Crippen LogP contribution in [-0.2, 0) is 0 Å². The number of nitrogens with one attached hydrogen (secondary N) is 2. The maximum atomic E-state index is 11.8. The van der Waals surface area contributed by atoms with Crippen molar-refractivity contribution < 1.29 is 4.79 Å². The summed E-state index contributed by atoms with van der Waals surface area (Å²) in [5.74, 6) is -0.0587. The number of nitrogens with two attached hydrogens (primary N) is 1. The van der Waals surface area contributed by atoms with E-state index in [4.69, 9.17) is 5.73 Å².